The summed E-state index contributed by atoms with van der Waals surface area (Å²) in [5, 5.41) is 0. The molecule has 0 radical (unpaired) electrons. The van der Waals surface area contributed by atoms with E-state index in [1.165, 1.54) is 10.7 Å². The van der Waals surface area contributed by atoms with E-state index in [1.54, 1.807) is 0 Å². The van der Waals surface area contributed by atoms with Gasteiger partial charge in [0.25, 0.3) is 0 Å². The van der Waals surface area contributed by atoms with E-state index in [0.29, 0.717) is 6.42 Å². The van der Waals surface area contributed by atoms with Gasteiger partial charge in [-0.15, -0.1) is 0 Å². The first kappa shape index (κ1) is 14.4. The lowest BCUT2D eigenvalue weighted by Crippen LogP contribution is -2.10. The summed E-state index contributed by atoms with van der Waals surface area (Å²) in [6.45, 7) is 0. The van der Waals surface area contributed by atoms with Gasteiger partial charge in [0.15, 0.2) is 0 Å². The van der Waals surface area contributed by atoms with E-state index >= 15 is 0 Å². The average molecular weight is 347 g/mol. The van der Waals surface area contributed by atoms with Crippen LogP contribution in [0.15, 0.2) is 24.3 Å². The second kappa shape index (κ2) is 7.66. The monoisotopic (exact) mass is 347 g/mol. The molecule has 94 valence electrons. The molecule has 0 aliphatic rings. The first-order valence-corrected chi connectivity index (χ1v) is 6.79. The smallest absolute Gasteiger partial charge is 0.305 e. The van der Waals surface area contributed by atoms with E-state index < -0.39 is 0 Å². The highest BCUT2D eigenvalue weighted by Crippen LogP contribution is 2.18. The maximum absolute atomic E-state index is 10.9. The van der Waals surface area contributed by atoms with Crippen molar-refractivity contribution in [2.24, 2.45) is 5.73 Å². The summed E-state index contributed by atoms with van der Waals surface area (Å²) >= 11 is 2.27. The Balaban J connectivity index is 2.27. The lowest BCUT2D eigenvalue weighted by Gasteiger charge is -2.11. The van der Waals surface area contributed by atoms with E-state index in [0.717, 1.165) is 24.8 Å². The minimum atomic E-state index is -0.146. The van der Waals surface area contributed by atoms with Crippen molar-refractivity contribution in [3.63, 3.8) is 0 Å². The molecule has 0 fully saturated rings. The van der Waals surface area contributed by atoms with Crippen LogP contribution in [0.2, 0.25) is 0 Å². The molecular weight excluding hydrogens is 329 g/mol. The van der Waals surface area contributed by atoms with Crippen LogP contribution in [0, 0.1) is 3.57 Å². The third kappa shape index (κ3) is 5.50. The molecule has 0 heterocycles. The highest BCUT2D eigenvalue weighted by Gasteiger charge is 2.06. The molecule has 0 aromatic heterocycles. The first-order chi connectivity index (χ1) is 8.13. The summed E-state index contributed by atoms with van der Waals surface area (Å²) in [7, 11) is 1.42. The van der Waals surface area contributed by atoms with Gasteiger partial charge in [0.05, 0.1) is 7.11 Å². The van der Waals surface area contributed by atoms with Gasteiger partial charge >= 0.3 is 5.97 Å². The fourth-order valence-corrected chi connectivity index (χ4v) is 1.97. The molecule has 3 nitrogen and oxygen atoms in total. The van der Waals surface area contributed by atoms with Gasteiger partial charge in [-0.2, -0.15) is 0 Å². The predicted octanol–water partition coefficient (Wildman–Crippen LogP) is 3.02. The van der Waals surface area contributed by atoms with Crippen LogP contribution in [0.1, 0.15) is 37.3 Å². The van der Waals surface area contributed by atoms with Crippen molar-refractivity contribution < 1.29 is 9.53 Å². The molecule has 1 atom stereocenters. The Bertz CT molecular complexity index is 351. The van der Waals surface area contributed by atoms with Crippen LogP contribution in [0.5, 0.6) is 0 Å². The first-order valence-electron chi connectivity index (χ1n) is 5.71. The Morgan fingerprint density at radius 1 is 1.35 bits per heavy atom. The Morgan fingerprint density at radius 2 is 2.00 bits per heavy atom. The maximum atomic E-state index is 10.9. The lowest BCUT2D eigenvalue weighted by atomic mass is 10.0. The molecule has 0 amide bonds. The number of benzene rings is 1. The van der Waals surface area contributed by atoms with Crippen LogP contribution in [0.3, 0.4) is 0 Å². The summed E-state index contributed by atoms with van der Waals surface area (Å²) in [4.78, 5) is 10.9. The van der Waals surface area contributed by atoms with Gasteiger partial charge < -0.3 is 10.5 Å². The molecule has 0 spiro atoms. The third-order valence-corrected chi connectivity index (χ3v) is 3.39. The number of methoxy groups -OCH3 is 1. The van der Waals surface area contributed by atoms with E-state index in [9.17, 15) is 4.79 Å². The highest BCUT2D eigenvalue weighted by molar-refractivity contribution is 14.1. The molecule has 2 N–H and O–H groups in total. The molecule has 1 unspecified atom stereocenters. The number of hydrogen-bond donors (Lipinski definition) is 1. The minimum absolute atomic E-state index is 0.0599. The van der Waals surface area contributed by atoms with E-state index in [1.807, 2.05) is 0 Å². The largest absolute Gasteiger partial charge is 0.469 e. The Hall–Kier alpha value is -0.620. The average Bonchev–Trinajstić information content (AvgIpc) is 2.34. The summed E-state index contributed by atoms with van der Waals surface area (Å²) in [6, 6.07) is 8.30. The normalized spacial score (nSPS) is 12.2. The SMILES string of the molecule is COC(=O)CCCCC(N)c1ccc(I)cc1. The molecule has 17 heavy (non-hydrogen) atoms. The van der Waals surface area contributed by atoms with Crippen molar-refractivity contribution in [3.05, 3.63) is 33.4 Å². The number of carbonyl (C=O) groups is 1. The molecule has 1 aromatic carbocycles. The van der Waals surface area contributed by atoms with E-state index in [2.05, 4.69) is 51.6 Å². The van der Waals surface area contributed by atoms with Crippen molar-refractivity contribution >= 4 is 28.6 Å². The molecule has 0 bridgehead atoms. The Kier molecular flexibility index (Phi) is 6.50. The van der Waals surface area contributed by atoms with Crippen molar-refractivity contribution in [1.82, 2.24) is 0 Å². The van der Waals surface area contributed by atoms with Crippen molar-refractivity contribution in [1.29, 1.82) is 0 Å². The number of hydrogen-bond acceptors (Lipinski definition) is 3. The topological polar surface area (TPSA) is 52.3 Å². The molecule has 0 saturated carbocycles. The van der Waals surface area contributed by atoms with Gasteiger partial charge in [0.1, 0.15) is 0 Å². The molecule has 1 aromatic rings. The van der Waals surface area contributed by atoms with E-state index in [-0.39, 0.29) is 12.0 Å². The quantitative estimate of drug-likeness (QED) is 0.489. The predicted molar refractivity (Wildman–Crippen MR) is 76.6 cm³/mol. The van der Waals surface area contributed by atoms with Gasteiger partial charge in [-0.05, 0) is 53.1 Å². The van der Waals surface area contributed by atoms with Crippen molar-refractivity contribution in [2.75, 3.05) is 7.11 Å². The summed E-state index contributed by atoms with van der Waals surface area (Å²) in [6.07, 6.45) is 3.17. The number of ether oxygens (including phenoxy) is 1. The summed E-state index contributed by atoms with van der Waals surface area (Å²) < 4.78 is 5.80. The maximum Gasteiger partial charge on any atom is 0.305 e. The van der Waals surface area contributed by atoms with Crippen LogP contribution >= 0.6 is 22.6 Å². The van der Waals surface area contributed by atoms with Gasteiger partial charge in [0, 0.05) is 16.0 Å². The summed E-state index contributed by atoms with van der Waals surface area (Å²) in [5.41, 5.74) is 7.23. The van der Waals surface area contributed by atoms with Crippen molar-refractivity contribution in [3.8, 4) is 0 Å². The molecule has 0 aliphatic heterocycles. The van der Waals surface area contributed by atoms with Crippen LogP contribution in [-0.4, -0.2) is 13.1 Å². The van der Waals surface area contributed by atoms with Gasteiger partial charge in [-0.1, -0.05) is 18.6 Å². The second-order valence-corrected chi connectivity index (χ2v) is 5.23. The molecule has 0 aliphatic carbocycles. The van der Waals surface area contributed by atoms with Gasteiger partial charge in [-0.25, -0.2) is 0 Å². The van der Waals surface area contributed by atoms with Crippen LogP contribution < -0.4 is 5.73 Å². The standard InChI is InChI=1S/C13H18INO2/c1-17-13(16)5-3-2-4-12(15)10-6-8-11(14)9-7-10/h6-9,12H,2-5,15H2,1H3. The molecule has 1 rings (SSSR count). The second-order valence-electron chi connectivity index (χ2n) is 3.98. The molecular formula is C13H18INO2. The number of halogens is 1. The lowest BCUT2D eigenvalue weighted by molar-refractivity contribution is -0.140. The number of nitrogens with two attached hydrogens (primary N) is 1. The van der Waals surface area contributed by atoms with Crippen LogP contribution in [-0.2, 0) is 9.53 Å². The highest BCUT2D eigenvalue weighted by atomic mass is 127. The number of esters is 1. The van der Waals surface area contributed by atoms with Gasteiger partial charge in [0.2, 0.25) is 0 Å². The Labute approximate surface area is 116 Å². The zero-order chi connectivity index (χ0) is 12.7. The zero-order valence-electron chi connectivity index (χ0n) is 9.99. The number of carbonyl (C=O) groups excluding carboxylic acids is 1. The minimum Gasteiger partial charge on any atom is -0.469 e. The third-order valence-electron chi connectivity index (χ3n) is 2.67. The van der Waals surface area contributed by atoms with E-state index in [4.69, 9.17) is 5.73 Å². The van der Waals surface area contributed by atoms with Gasteiger partial charge in [-0.3, -0.25) is 4.79 Å². The fourth-order valence-electron chi connectivity index (χ4n) is 1.61. The zero-order valence-corrected chi connectivity index (χ0v) is 12.1. The molecule has 0 saturated heterocycles. The molecule has 4 heteroatoms. The van der Waals surface area contributed by atoms with Crippen LogP contribution in [0.25, 0.3) is 0 Å². The van der Waals surface area contributed by atoms with Crippen LogP contribution in [0.4, 0.5) is 0 Å². The Morgan fingerprint density at radius 3 is 2.59 bits per heavy atom. The fraction of sp³-hybridized carbons (Fsp3) is 0.462. The number of rotatable bonds is 6. The van der Waals surface area contributed by atoms with Crippen molar-refractivity contribution in [2.45, 2.75) is 31.7 Å². The summed E-state index contributed by atoms with van der Waals surface area (Å²) in [5.74, 6) is -0.146. The number of unbranched alkanes of at least 4 members (excludes halogenated alkanes) is 1.